The van der Waals surface area contributed by atoms with Crippen molar-refractivity contribution in [1.29, 1.82) is 0 Å². The van der Waals surface area contributed by atoms with Crippen LogP contribution in [0.25, 0.3) is 10.9 Å². The Kier molecular flexibility index (Phi) is 5.72. The van der Waals surface area contributed by atoms with Gasteiger partial charge in [-0.25, -0.2) is 0 Å². The molecule has 1 aliphatic rings. The fourth-order valence-electron chi connectivity index (χ4n) is 3.70. The van der Waals surface area contributed by atoms with E-state index in [1.54, 1.807) is 6.20 Å². The summed E-state index contributed by atoms with van der Waals surface area (Å²) in [5.41, 5.74) is 3.71. The first-order valence-corrected chi connectivity index (χ1v) is 9.96. The summed E-state index contributed by atoms with van der Waals surface area (Å²) in [6.45, 7) is 4.28. The molecular weight excluding hydrogens is 352 g/mol. The highest BCUT2D eigenvalue weighted by molar-refractivity contribution is 5.79. The van der Waals surface area contributed by atoms with Gasteiger partial charge in [-0.2, -0.15) is 0 Å². The van der Waals surface area contributed by atoms with Crippen LogP contribution in [0.3, 0.4) is 0 Å². The Morgan fingerprint density at radius 1 is 1.18 bits per heavy atom. The maximum Gasteiger partial charge on any atom is 0.192 e. The van der Waals surface area contributed by atoms with E-state index in [1.165, 1.54) is 0 Å². The number of nitrogens with one attached hydrogen (secondary N) is 1. The first-order chi connectivity index (χ1) is 13.7. The fraction of sp³-hybridized carbons (Fsp3) is 0.391. The van der Waals surface area contributed by atoms with E-state index in [0.29, 0.717) is 5.92 Å². The van der Waals surface area contributed by atoms with Crippen LogP contribution in [0.2, 0.25) is 0 Å². The van der Waals surface area contributed by atoms with Crippen LogP contribution in [0, 0.1) is 12.8 Å². The number of nitrogens with zero attached hydrogens (tertiary/aromatic N) is 1. The van der Waals surface area contributed by atoms with Crippen LogP contribution in [0.15, 0.2) is 47.4 Å². The van der Waals surface area contributed by atoms with Gasteiger partial charge in [-0.15, -0.1) is 0 Å². The molecule has 5 nitrogen and oxygen atoms in total. The Morgan fingerprint density at radius 2 is 2.00 bits per heavy atom. The van der Waals surface area contributed by atoms with Gasteiger partial charge < -0.3 is 14.5 Å². The third kappa shape index (κ3) is 4.25. The second-order valence-electron chi connectivity index (χ2n) is 7.45. The second kappa shape index (κ2) is 8.57. The van der Waals surface area contributed by atoms with Crippen molar-refractivity contribution in [2.75, 3.05) is 19.8 Å². The highest BCUT2D eigenvalue weighted by Crippen LogP contribution is 2.19. The van der Waals surface area contributed by atoms with Crippen LogP contribution < -0.4 is 10.2 Å². The monoisotopic (exact) mass is 378 g/mol. The van der Waals surface area contributed by atoms with Gasteiger partial charge in [0.05, 0.1) is 6.61 Å². The minimum atomic E-state index is 0.103. The Morgan fingerprint density at radius 3 is 2.86 bits per heavy atom. The predicted octanol–water partition coefficient (Wildman–Crippen LogP) is 3.82. The van der Waals surface area contributed by atoms with E-state index in [9.17, 15) is 4.79 Å². The summed E-state index contributed by atoms with van der Waals surface area (Å²) in [5.74, 6) is 1.43. The number of H-pyrrole nitrogens is 1. The molecule has 146 valence electrons. The first kappa shape index (κ1) is 18.7. The number of aromatic amines is 1. The van der Waals surface area contributed by atoms with Gasteiger partial charge >= 0.3 is 0 Å². The maximum atomic E-state index is 12.6. The lowest BCUT2D eigenvalue weighted by molar-refractivity contribution is 0.0497. The lowest BCUT2D eigenvalue weighted by Gasteiger charge is -2.22. The summed E-state index contributed by atoms with van der Waals surface area (Å²) >= 11 is 0. The number of aryl methyl sites for hydroxylation is 2. The molecule has 2 aromatic heterocycles. The number of para-hydroxylation sites is 1. The predicted molar refractivity (Wildman–Crippen MR) is 110 cm³/mol. The van der Waals surface area contributed by atoms with Crippen LogP contribution in [0.4, 0.5) is 0 Å². The van der Waals surface area contributed by atoms with Gasteiger partial charge in [-0.05, 0) is 56.7 Å². The molecule has 1 saturated heterocycles. The lowest BCUT2D eigenvalue weighted by Crippen LogP contribution is -2.21. The normalized spacial score (nSPS) is 15.0. The quantitative estimate of drug-likeness (QED) is 0.708. The molecule has 1 fully saturated rings. The number of benzene rings is 1. The van der Waals surface area contributed by atoms with Gasteiger partial charge in [0.25, 0.3) is 0 Å². The third-order valence-corrected chi connectivity index (χ3v) is 5.50. The van der Waals surface area contributed by atoms with Crippen molar-refractivity contribution in [3.05, 3.63) is 69.8 Å². The van der Waals surface area contributed by atoms with E-state index in [0.717, 1.165) is 79.1 Å². The largest absolute Gasteiger partial charge is 0.493 e. The standard InChI is InChI=1S/C23H26N2O3/c1-16-21(25-22-5-3-2-4-20(22)23(16)26)7-6-18-14-19(8-11-24-18)28-15-17-9-12-27-13-10-17/h2-5,8,11,14,17H,6-7,9-10,12-13,15H2,1H3,(H,25,26). The zero-order chi connectivity index (χ0) is 19.3. The lowest BCUT2D eigenvalue weighted by atomic mass is 10.0. The van der Waals surface area contributed by atoms with E-state index in [4.69, 9.17) is 9.47 Å². The molecule has 1 aromatic carbocycles. The number of hydrogen-bond acceptors (Lipinski definition) is 4. The third-order valence-electron chi connectivity index (χ3n) is 5.50. The van der Waals surface area contributed by atoms with Gasteiger partial charge in [-0.3, -0.25) is 9.78 Å². The van der Waals surface area contributed by atoms with Crippen molar-refractivity contribution in [2.45, 2.75) is 32.6 Å². The van der Waals surface area contributed by atoms with E-state index < -0.39 is 0 Å². The average molecular weight is 378 g/mol. The maximum absolute atomic E-state index is 12.6. The fourth-order valence-corrected chi connectivity index (χ4v) is 3.70. The van der Waals surface area contributed by atoms with Gasteiger partial charge in [0, 0.05) is 53.3 Å². The van der Waals surface area contributed by atoms with E-state index in [2.05, 4.69) is 9.97 Å². The number of rotatable bonds is 6. The smallest absolute Gasteiger partial charge is 0.192 e. The first-order valence-electron chi connectivity index (χ1n) is 9.96. The average Bonchev–Trinajstić information content (AvgIpc) is 2.75. The van der Waals surface area contributed by atoms with Crippen molar-refractivity contribution in [2.24, 2.45) is 5.92 Å². The Balaban J connectivity index is 1.43. The summed E-state index contributed by atoms with van der Waals surface area (Å²) in [5, 5.41) is 0.741. The Bertz CT molecular complexity index is 1010. The molecule has 0 spiro atoms. The van der Waals surface area contributed by atoms with E-state index in [-0.39, 0.29) is 5.43 Å². The second-order valence-corrected chi connectivity index (χ2v) is 7.45. The highest BCUT2D eigenvalue weighted by Gasteiger charge is 2.14. The van der Waals surface area contributed by atoms with Crippen LogP contribution in [0.1, 0.15) is 29.8 Å². The molecule has 0 saturated carbocycles. The molecule has 4 rings (SSSR count). The molecule has 28 heavy (non-hydrogen) atoms. The SMILES string of the molecule is Cc1c(CCc2cc(OCC3CCOCC3)ccn2)[nH]c2ccccc2c1=O. The topological polar surface area (TPSA) is 64.2 Å². The van der Waals surface area contributed by atoms with Gasteiger partial charge in [-0.1, -0.05) is 12.1 Å². The summed E-state index contributed by atoms with van der Waals surface area (Å²) < 4.78 is 11.4. The van der Waals surface area contributed by atoms with Crippen molar-refractivity contribution >= 4 is 10.9 Å². The summed E-state index contributed by atoms with van der Waals surface area (Å²) in [7, 11) is 0. The minimum Gasteiger partial charge on any atom is -0.493 e. The number of hydrogen-bond donors (Lipinski definition) is 1. The molecule has 3 aromatic rings. The molecule has 5 heteroatoms. The number of pyridine rings is 2. The zero-order valence-electron chi connectivity index (χ0n) is 16.2. The zero-order valence-corrected chi connectivity index (χ0v) is 16.2. The number of aromatic nitrogens is 2. The van der Waals surface area contributed by atoms with Crippen LogP contribution >= 0.6 is 0 Å². The van der Waals surface area contributed by atoms with Gasteiger partial charge in [0.1, 0.15) is 5.75 Å². The molecular formula is C23H26N2O3. The molecule has 1 N–H and O–H groups in total. The number of ether oxygens (including phenoxy) is 2. The van der Waals surface area contributed by atoms with Crippen molar-refractivity contribution in [3.63, 3.8) is 0 Å². The molecule has 3 heterocycles. The van der Waals surface area contributed by atoms with Crippen LogP contribution in [0.5, 0.6) is 5.75 Å². The molecule has 0 atom stereocenters. The van der Waals surface area contributed by atoms with Crippen molar-refractivity contribution in [1.82, 2.24) is 9.97 Å². The van der Waals surface area contributed by atoms with Crippen molar-refractivity contribution in [3.8, 4) is 5.75 Å². The molecule has 1 aliphatic heterocycles. The van der Waals surface area contributed by atoms with Crippen LogP contribution in [-0.4, -0.2) is 29.8 Å². The molecule has 0 amide bonds. The molecule has 0 bridgehead atoms. The Hall–Kier alpha value is -2.66. The van der Waals surface area contributed by atoms with Crippen LogP contribution in [-0.2, 0) is 17.6 Å². The van der Waals surface area contributed by atoms with Gasteiger partial charge in [0.2, 0.25) is 0 Å². The highest BCUT2D eigenvalue weighted by atomic mass is 16.5. The minimum absolute atomic E-state index is 0.103. The molecule has 0 unspecified atom stereocenters. The molecule has 0 radical (unpaired) electrons. The summed E-state index contributed by atoms with van der Waals surface area (Å²) in [6, 6.07) is 11.6. The van der Waals surface area contributed by atoms with E-state index >= 15 is 0 Å². The van der Waals surface area contributed by atoms with Crippen molar-refractivity contribution < 1.29 is 9.47 Å². The summed E-state index contributed by atoms with van der Waals surface area (Å²) in [4.78, 5) is 20.5. The Labute approximate surface area is 164 Å². The van der Waals surface area contributed by atoms with Gasteiger partial charge in [0.15, 0.2) is 5.43 Å². The number of fused-ring (bicyclic) bond motifs is 1. The molecule has 0 aliphatic carbocycles. The van der Waals surface area contributed by atoms with E-state index in [1.807, 2.05) is 43.3 Å². The summed E-state index contributed by atoms with van der Waals surface area (Å²) in [6.07, 6.45) is 5.41.